The van der Waals surface area contributed by atoms with Crippen LogP contribution in [0.25, 0.3) is 11.0 Å². The van der Waals surface area contributed by atoms with E-state index in [1.807, 2.05) is 12.1 Å². The molecule has 18 heavy (non-hydrogen) atoms. The van der Waals surface area contributed by atoms with Gasteiger partial charge in [-0.3, -0.25) is 0 Å². The van der Waals surface area contributed by atoms with Crippen molar-refractivity contribution in [2.45, 2.75) is 26.3 Å². The van der Waals surface area contributed by atoms with E-state index < -0.39 is 0 Å². The molecule has 2 rings (SSSR count). The third-order valence-corrected chi connectivity index (χ3v) is 3.27. The molecule has 0 radical (unpaired) electrons. The number of aromatic nitrogens is 2. The van der Waals surface area contributed by atoms with E-state index in [0.717, 1.165) is 17.5 Å². The van der Waals surface area contributed by atoms with Gasteiger partial charge < -0.3 is 4.57 Å². The molecule has 0 spiro atoms. The fourth-order valence-electron chi connectivity index (χ4n) is 2.10. The molecule has 0 aliphatic carbocycles. The van der Waals surface area contributed by atoms with Crippen LogP contribution in [0.3, 0.4) is 0 Å². The number of aryl methyl sites for hydroxylation is 1. The largest absolute Gasteiger partial charge is 0.326 e. The van der Waals surface area contributed by atoms with Crippen molar-refractivity contribution < 1.29 is 0 Å². The van der Waals surface area contributed by atoms with Gasteiger partial charge >= 0.3 is 0 Å². The first-order valence-corrected chi connectivity index (χ1v) is 6.49. The molecule has 3 heteroatoms. The Bertz CT molecular complexity index is 596. The van der Waals surface area contributed by atoms with E-state index >= 15 is 0 Å². The summed E-state index contributed by atoms with van der Waals surface area (Å²) in [6.07, 6.45) is 10.7. The van der Waals surface area contributed by atoms with Crippen LogP contribution in [-0.2, 0) is 6.42 Å². The van der Waals surface area contributed by atoms with Gasteiger partial charge in [-0.1, -0.05) is 43.3 Å². The maximum absolute atomic E-state index is 6.02. The molecule has 1 unspecified atom stereocenters. The molecular formula is C15H17ClN2. The molecule has 0 saturated carbocycles. The van der Waals surface area contributed by atoms with Crippen LogP contribution in [-0.4, -0.2) is 9.55 Å². The topological polar surface area (TPSA) is 17.8 Å². The predicted octanol–water partition coefficient (Wildman–Crippen LogP) is 4.56. The van der Waals surface area contributed by atoms with E-state index in [1.54, 1.807) is 12.3 Å². The Balaban J connectivity index is 2.57. The second-order valence-electron chi connectivity index (χ2n) is 4.30. The molecule has 0 aliphatic rings. The quantitative estimate of drug-likeness (QED) is 0.737. The van der Waals surface area contributed by atoms with Crippen molar-refractivity contribution in [1.29, 1.82) is 0 Å². The molecule has 0 fully saturated rings. The van der Waals surface area contributed by atoms with E-state index in [0.29, 0.717) is 5.02 Å². The van der Waals surface area contributed by atoms with E-state index in [1.165, 1.54) is 5.56 Å². The van der Waals surface area contributed by atoms with Crippen molar-refractivity contribution >= 4 is 22.6 Å². The molecule has 2 heterocycles. The molecule has 0 N–H and O–H groups in total. The summed E-state index contributed by atoms with van der Waals surface area (Å²) in [4.78, 5) is 4.45. The summed E-state index contributed by atoms with van der Waals surface area (Å²) in [7, 11) is 0. The number of allylic oxidation sites excluding steroid dienone is 3. The predicted molar refractivity (Wildman–Crippen MR) is 78.2 cm³/mol. The molecule has 0 aromatic carbocycles. The standard InChI is InChI=1S/C15H17ClN2/c1-4-6-7-11(3)18-10-12(5-2)14-8-13(16)9-17-15(14)18/h4,6-11H,1,5H2,2-3H3. The summed E-state index contributed by atoms with van der Waals surface area (Å²) < 4.78 is 2.17. The number of hydrogen-bond acceptors (Lipinski definition) is 1. The minimum atomic E-state index is 0.250. The highest BCUT2D eigenvalue weighted by atomic mass is 35.5. The number of fused-ring (bicyclic) bond motifs is 1. The third-order valence-electron chi connectivity index (χ3n) is 3.06. The number of nitrogens with zero attached hydrogens (tertiary/aromatic N) is 2. The number of hydrogen-bond donors (Lipinski definition) is 0. The SMILES string of the molecule is C=CC=CC(C)n1cc(CC)c2cc(Cl)cnc21. The van der Waals surface area contributed by atoms with E-state index in [4.69, 9.17) is 11.6 Å². The summed E-state index contributed by atoms with van der Waals surface area (Å²) in [6, 6.07) is 2.24. The van der Waals surface area contributed by atoms with Crippen LogP contribution in [0.15, 0.2) is 43.3 Å². The first-order chi connectivity index (χ1) is 8.67. The van der Waals surface area contributed by atoms with Crippen molar-refractivity contribution in [3.63, 3.8) is 0 Å². The normalized spacial score (nSPS) is 13.3. The van der Waals surface area contributed by atoms with Gasteiger partial charge in [0.15, 0.2) is 0 Å². The van der Waals surface area contributed by atoms with Crippen molar-refractivity contribution in [1.82, 2.24) is 9.55 Å². The van der Waals surface area contributed by atoms with Crippen molar-refractivity contribution in [2.75, 3.05) is 0 Å². The fraction of sp³-hybridized carbons (Fsp3) is 0.267. The highest BCUT2D eigenvalue weighted by Gasteiger charge is 2.11. The van der Waals surface area contributed by atoms with Crippen molar-refractivity contribution in [3.8, 4) is 0 Å². The molecule has 2 nitrogen and oxygen atoms in total. The lowest BCUT2D eigenvalue weighted by Crippen LogP contribution is -2.01. The van der Waals surface area contributed by atoms with E-state index in [-0.39, 0.29) is 6.04 Å². The third kappa shape index (κ3) is 2.34. The first-order valence-electron chi connectivity index (χ1n) is 6.11. The lowest BCUT2D eigenvalue weighted by Gasteiger charge is -2.09. The number of pyridine rings is 1. The average molecular weight is 261 g/mol. The molecule has 0 aliphatic heterocycles. The smallest absolute Gasteiger partial charge is 0.140 e. The second kappa shape index (κ2) is 5.40. The minimum absolute atomic E-state index is 0.250. The lowest BCUT2D eigenvalue weighted by atomic mass is 10.2. The van der Waals surface area contributed by atoms with Crippen molar-refractivity contribution in [2.24, 2.45) is 0 Å². The second-order valence-corrected chi connectivity index (χ2v) is 4.74. The van der Waals surface area contributed by atoms with Crippen molar-refractivity contribution in [3.05, 3.63) is 53.9 Å². The van der Waals surface area contributed by atoms with Gasteiger partial charge in [0.25, 0.3) is 0 Å². The van der Waals surface area contributed by atoms with E-state index in [2.05, 4.69) is 42.3 Å². The van der Waals surface area contributed by atoms with Crippen LogP contribution in [0, 0.1) is 0 Å². The van der Waals surface area contributed by atoms with Crippen LogP contribution in [0.5, 0.6) is 0 Å². The highest BCUT2D eigenvalue weighted by molar-refractivity contribution is 6.31. The monoisotopic (exact) mass is 260 g/mol. The van der Waals surface area contributed by atoms with Gasteiger partial charge in [-0.15, -0.1) is 0 Å². The van der Waals surface area contributed by atoms with Gasteiger partial charge in [0, 0.05) is 17.8 Å². The number of halogens is 1. The average Bonchev–Trinajstić information content (AvgIpc) is 2.73. The summed E-state index contributed by atoms with van der Waals surface area (Å²) >= 11 is 6.02. The zero-order valence-corrected chi connectivity index (χ0v) is 11.5. The molecule has 2 aromatic rings. The van der Waals surface area contributed by atoms with Gasteiger partial charge in [-0.25, -0.2) is 4.98 Å². The molecular weight excluding hydrogens is 244 g/mol. The Morgan fingerprint density at radius 2 is 2.33 bits per heavy atom. The zero-order valence-electron chi connectivity index (χ0n) is 10.7. The number of rotatable bonds is 4. The van der Waals surface area contributed by atoms with Gasteiger partial charge in [0.2, 0.25) is 0 Å². The maximum atomic E-state index is 6.02. The zero-order chi connectivity index (χ0) is 13.1. The van der Waals surface area contributed by atoms with E-state index in [9.17, 15) is 0 Å². The van der Waals surface area contributed by atoms with Crippen LogP contribution in [0.4, 0.5) is 0 Å². The van der Waals surface area contributed by atoms with Gasteiger partial charge in [-0.05, 0) is 25.0 Å². The molecule has 0 bridgehead atoms. The molecule has 94 valence electrons. The summed E-state index contributed by atoms with van der Waals surface area (Å²) in [5.74, 6) is 0. The minimum Gasteiger partial charge on any atom is -0.326 e. The van der Waals surface area contributed by atoms with Crippen LogP contribution in [0.2, 0.25) is 5.02 Å². The Labute approximate surface area is 113 Å². The van der Waals surface area contributed by atoms with Crippen LogP contribution < -0.4 is 0 Å². The lowest BCUT2D eigenvalue weighted by molar-refractivity contribution is 0.679. The Morgan fingerprint density at radius 1 is 1.56 bits per heavy atom. The van der Waals surface area contributed by atoms with Gasteiger partial charge in [0.05, 0.1) is 11.1 Å². The Kier molecular flexibility index (Phi) is 3.87. The van der Waals surface area contributed by atoms with Crippen LogP contribution in [0.1, 0.15) is 25.5 Å². The fourth-order valence-corrected chi connectivity index (χ4v) is 2.25. The molecule has 2 aromatic heterocycles. The molecule has 0 saturated heterocycles. The van der Waals surface area contributed by atoms with Gasteiger partial charge in [-0.2, -0.15) is 0 Å². The Hall–Kier alpha value is -1.54. The summed E-state index contributed by atoms with van der Waals surface area (Å²) in [5.41, 5.74) is 2.26. The van der Waals surface area contributed by atoms with Crippen LogP contribution >= 0.6 is 11.6 Å². The summed E-state index contributed by atoms with van der Waals surface area (Å²) in [5, 5.41) is 1.83. The maximum Gasteiger partial charge on any atom is 0.140 e. The molecule has 1 atom stereocenters. The molecule has 0 amide bonds. The first kappa shape index (κ1) is 12.9. The highest BCUT2D eigenvalue weighted by Crippen LogP contribution is 2.26. The Morgan fingerprint density at radius 3 is 3.00 bits per heavy atom. The van der Waals surface area contributed by atoms with Gasteiger partial charge in [0.1, 0.15) is 5.65 Å². The summed E-state index contributed by atoms with van der Waals surface area (Å²) in [6.45, 7) is 7.97.